The van der Waals surface area contributed by atoms with Crippen LogP contribution in [0.25, 0.3) is 0 Å². The molecule has 0 aliphatic heterocycles. The van der Waals surface area contributed by atoms with E-state index < -0.39 is 0 Å². The first-order chi connectivity index (χ1) is 7.63. The van der Waals surface area contributed by atoms with Crippen LogP contribution >= 0.6 is 38.5 Å². The normalized spacial score (nSPS) is 11.1. The lowest BCUT2D eigenvalue weighted by atomic mass is 10.2. The summed E-state index contributed by atoms with van der Waals surface area (Å²) in [5, 5.41) is 3.34. The molecule has 2 nitrogen and oxygen atoms in total. The van der Waals surface area contributed by atoms with E-state index in [0.29, 0.717) is 0 Å². The summed E-state index contributed by atoms with van der Waals surface area (Å²) in [4.78, 5) is 2.34. The smallest absolute Gasteiger partial charge is 0.0242 e. The quantitative estimate of drug-likeness (QED) is 0.587. The molecule has 0 saturated carbocycles. The average molecular weight is 397 g/mol. The molecule has 1 rings (SSSR count). The number of nitrogens with zero attached hydrogens (tertiary/aromatic N) is 1. The minimum Gasteiger partial charge on any atom is -0.316 e. The Labute approximate surface area is 120 Å². The summed E-state index contributed by atoms with van der Waals surface area (Å²) < 4.78 is 2.49. The first-order valence-electron chi connectivity index (χ1n) is 5.46. The molecule has 4 heteroatoms. The molecule has 90 valence electrons. The van der Waals surface area contributed by atoms with E-state index in [1.807, 2.05) is 0 Å². The number of hydrogen-bond donors (Lipinski definition) is 1. The van der Waals surface area contributed by atoms with Gasteiger partial charge >= 0.3 is 0 Å². The van der Waals surface area contributed by atoms with Gasteiger partial charge in [-0.3, -0.25) is 0 Å². The molecule has 0 fully saturated rings. The highest BCUT2D eigenvalue weighted by Gasteiger charge is 2.04. The monoisotopic (exact) mass is 396 g/mol. The summed E-state index contributed by atoms with van der Waals surface area (Å²) >= 11 is 5.91. The summed E-state index contributed by atoms with van der Waals surface area (Å²) in [6, 6.07) is 6.44. The van der Waals surface area contributed by atoms with Gasteiger partial charge in [0.25, 0.3) is 0 Å². The van der Waals surface area contributed by atoms with Gasteiger partial charge in [0.15, 0.2) is 0 Å². The van der Waals surface area contributed by atoms with Gasteiger partial charge in [-0.05, 0) is 59.9 Å². The fourth-order valence-electron chi connectivity index (χ4n) is 1.48. The maximum Gasteiger partial charge on any atom is 0.0242 e. The van der Waals surface area contributed by atoms with Gasteiger partial charge in [0.1, 0.15) is 0 Å². The van der Waals surface area contributed by atoms with Crippen LogP contribution in [-0.2, 0) is 6.54 Å². The van der Waals surface area contributed by atoms with E-state index in [9.17, 15) is 0 Å². The summed E-state index contributed by atoms with van der Waals surface area (Å²) in [6.07, 6.45) is 0. The lowest BCUT2D eigenvalue weighted by Gasteiger charge is -2.17. The molecule has 0 aliphatic carbocycles. The van der Waals surface area contributed by atoms with Crippen molar-refractivity contribution in [3.63, 3.8) is 0 Å². The van der Waals surface area contributed by atoms with Crippen LogP contribution in [-0.4, -0.2) is 31.6 Å². The van der Waals surface area contributed by atoms with Crippen molar-refractivity contribution in [2.45, 2.75) is 13.5 Å². The third-order valence-electron chi connectivity index (χ3n) is 2.37. The maximum absolute atomic E-state index is 3.52. The topological polar surface area (TPSA) is 15.3 Å². The molecule has 0 unspecified atom stereocenters. The van der Waals surface area contributed by atoms with Crippen molar-refractivity contribution in [3.05, 3.63) is 31.8 Å². The number of nitrogens with one attached hydrogen (secondary N) is 1. The van der Waals surface area contributed by atoms with Gasteiger partial charge in [-0.15, -0.1) is 0 Å². The van der Waals surface area contributed by atoms with Crippen molar-refractivity contribution >= 4 is 38.5 Å². The number of benzene rings is 1. The Morgan fingerprint density at radius 3 is 2.88 bits per heavy atom. The van der Waals surface area contributed by atoms with Crippen molar-refractivity contribution in [2.75, 3.05) is 26.7 Å². The number of hydrogen-bond acceptors (Lipinski definition) is 2. The van der Waals surface area contributed by atoms with Crippen molar-refractivity contribution in [3.8, 4) is 0 Å². The first kappa shape index (κ1) is 14.4. The molecule has 1 aromatic rings. The van der Waals surface area contributed by atoms with Crippen LogP contribution < -0.4 is 5.32 Å². The second-order valence-electron chi connectivity index (χ2n) is 3.83. The second kappa shape index (κ2) is 7.63. The minimum atomic E-state index is 1.00. The molecular formula is C12H18BrIN2. The molecule has 0 aromatic heterocycles. The van der Waals surface area contributed by atoms with Crippen LogP contribution in [0.1, 0.15) is 12.5 Å². The molecule has 0 heterocycles. The third-order valence-corrected chi connectivity index (χ3v) is 3.91. The molecule has 0 spiro atoms. The van der Waals surface area contributed by atoms with Gasteiger partial charge in [0.05, 0.1) is 0 Å². The molecule has 0 radical (unpaired) electrons. The van der Waals surface area contributed by atoms with E-state index in [1.165, 1.54) is 9.13 Å². The summed E-state index contributed by atoms with van der Waals surface area (Å²) in [5.41, 5.74) is 1.38. The largest absolute Gasteiger partial charge is 0.316 e. The SMILES string of the molecule is CCNCCN(C)Cc1cc(Br)ccc1I. The highest BCUT2D eigenvalue weighted by atomic mass is 127. The molecule has 0 atom stereocenters. The zero-order valence-electron chi connectivity index (χ0n) is 9.76. The predicted molar refractivity (Wildman–Crippen MR) is 81.7 cm³/mol. The van der Waals surface area contributed by atoms with E-state index in [4.69, 9.17) is 0 Å². The van der Waals surface area contributed by atoms with E-state index in [1.54, 1.807) is 0 Å². The Kier molecular flexibility index (Phi) is 6.87. The van der Waals surface area contributed by atoms with Crippen LogP contribution in [0.4, 0.5) is 0 Å². The second-order valence-corrected chi connectivity index (χ2v) is 5.90. The molecule has 0 amide bonds. The predicted octanol–water partition coefficient (Wildman–Crippen LogP) is 3.10. The van der Waals surface area contributed by atoms with Gasteiger partial charge in [0, 0.05) is 27.7 Å². The average Bonchev–Trinajstić information content (AvgIpc) is 2.24. The molecule has 0 saturated heterocycles. The Hall–Kier alpha value is 0.350. The molecule has 0 aliphatic rings. The van der Waals surface area contributed by atoms with Crippen molar-refractivity contribution in [1.82, 2.24) is 10.2 Å². The molecule has 1 aromatic carbocycles. The minimum absolute atomic E-state index is 1.00. The lowest BCUT2D eigenvalue weighted by Crippen LogP contribution is -2.29. The summed E-state index contributed by atoms with van der Waals surface area (Å²) in [7, 11) is 2.16. The third kappa shape index (κ3) is 5.12. The zero-order chi connectivity index (χ0) is 12.0. The summed E-state index contributed by atoms with van der Waals surface area (Å²) in [5.74, 6) is 0. The van der Waals surface area contributed by atoms with Gasteiger partial charge in [-0.2, -0.15) is 0 Å². The Morgan fingerprint density at radius 1 is 1.44 bits per heavy atom. The van der Waals surface area contributed by atoms with E-state index in [2.05, 4.69) is 80.9 Å². The van der Waals surface area contributed by atoms with Crippen LogP contribution in [0.3, 0.4) is 0 Å². The van der Waals surface area contributed by atoms with Crippen molar-refractivity contribution < 1.29 is 0 Å². The maximum atomic E-state index is 3.52. The molecule has 1 N–H and O–H groups in total. The Bertz CT molecular complexity index is 331. The fraction of sp³-hybridized carbons (Fsp3) is 0.500. The van der Waals surface area contributed by atoms with Crippen LogP contribution in [0.15, 0.2) is 22.7 Å². The lowest BCUT2D eigenvalue weighted by molar-refractivity contribution is 0.325. The van der Waals surface area contributed by atoms with Crippen LogP contribution in [0, 0.1) is 3.57 Å². The van der Waals surface area contributed by atoms with Gasteiger partial charge < -0.3 is 10.2 Å². The van der Waals surface area contributed by atoms with Gasteiger partial charge in [-0.1, -0.05) is 22.9 Å². The standard InChI is InChI=1S/C12H18BrIN2/c1-3-15-6-7-16(2)9-10-8-11(13)4-5-12(10)14/h4-5,8,15H,3,6-7,9H2,1-2H3. The Morgan fingerprint density at radius 2 is 2.19 bits per heavy atom. The molecular weight excluding hydrogens is 379 g/mol. The number of rotatable bonds is 6. The first-order valence-corrected chi connectivity index (χ1v) is 7.34. The van der Waals surface area contributed by atoms with Gasteiger partial charge in [0.2, 0.25) is 0 Å². The van der Waals surface area contributed by atoms with E-state index >= 15 is 0 Å². The van der Waals surface area contributed by atoms with E-state index in [0.717, 1.165) is 30.7 Å². The number of likely N-dealkylation sites (N-methyl/N-ethyl adjacent to an activating group) is 2. The highest BCUT2D eigenvalue weighted by molar-refractivity contribution is 14.1. The summed E-state index contributed by atoms with van der Waals surface area (Å²) in [6.45, 7) is 6.32. The number of halogens is 2. The van der Waals surface area contributed by atoms with Gasteiger partial charge in [-0.25, -0.2) is 0 Å². The zero-order valence-corrected chi connectivity index (χ0v) is 13.5. The molecule has 0 bridgehead atoms. The fourth-order valence-corrected chi connectivity index (χ4v) is 2.40. The van der Waals surface area contributed by atoms with Crippen molar-refractivity contribution in [2.24, 2.45) is 0 Å². The highest BCUT2D eigenvalue weighted by Crippen LogP contribution is 2.19. The van der Waals surface area contributed by atoms with E-state index in [-0.39, 0.29) is 0 Å². The molecule has 16 heavy (non-hydrogen) atoms. The van der Waals surface area contributed by atoms with Crippen LogP contribution in [0.2, 0.25) is 0 Å². The van der Waals surface area contributed by atoms with Crippen LogP contribution in [0.5, 0.6) is 0 Å². The van der Waals surface area contributed by atoms with Crippen molar-refractivity contribution in [1.29, 1.82) is 0 Å². The Balaban J connectivity index is 2.48.